The van der Waals surface area contributed by atoms with Crippen molar-refractivity contribution >= 4 is 5.91 Å². The van der Waals surface area contributed by atoms with Gasteiger partial charge in [0.15, 0.2) is 5.82 Å². The minimum Gasteiger partial charge on any atom is -0.340 e. The van der Waals surface area contributed by atoms with E-state index in [1.54, 1.807) is 6.92 Å². The summed E-state index contributed by atoms with van der Waals surface area (Å²) >= 11 is 0. The van der Waals surface area contributed by atoms with Crippen molar-refractivity contribution in [3.05, 3.63) is 11.7 Å². The molecule has 0 radical (unpaired) electrons. The molecule has 2 fully saturated rings. The van der Waals surface area contributed by atoms with E-state index < -0.39 is 0 Å². The van der Waals surface area contributed by atoms with Gasteiger partial charge < -0.3 is 9.42 Å². The van der Waals surface area contributed by atoms with Gasteiger partial charge in [-0.3, -0.25) is 14.6 Å². The van der Waals surface area contributed by atoms with Crippen molar-refractivity contribution < 1.29 is 9.32 Å². The summed E-state index contributed by atoms with van der Waals surface area (Å²) in [5.41, 5.74) is 0. The minimum absolute atomic E-state index is 0.155. The average molecular weight is 321 g/mol. The Hall–Kier alpha value is -1.47. The molecule has 1 aromatic rings. The summed E-state index contributed by atoms with van der Waals surface area (Å²) in [4.78, 5) is 22.7. The van der Waals surface area contributed by atoms with Crippen LogP contribution in [0.25, 0.3) is 0 Å². The molecule has 0 aliphatic carbocycles. The second kappa shape index (κ2) is 6.57. The van der Waals surface area contributed by atoms with Gasteiger partial charge in [-0.25, -0.2) is 0 Å². The van der Waals surface area contributed by atoms with Crippen LogP contribution in [0.1, 0.15) is 38.5 Å². The molecule has 0 aromatic carbocycles. The quantitative estimate of drug-likeness (QED) is 0.825. The highest BCUT2D eigenvalue weighted by Crippen LogP contribution is 2.29. The van der Waals surface area contributed by atoms with Crippen molar-refractivity contribution in [1.29, 1.82) is 0 Å². The smallest absolute Gasteiger partial charge is 0.243 e. The molecule has 1 amide bonds. The number of hydrogen-bond acceptors (Lipinski definition) is 6. The van der Waals surface area contributed by atoms with Crippen LogP contribution >= 0.6 is 0 Å². The summed E-state index contributed by atoms with van der Waals surface area (Å²) in [6.07, 6.45) is 0. The predicted octanol–water partition coefficient (Wildman–Crippen LogP) is 0.923. The lowest BCUT2D eigenvalue weighted by molar-refractivity contribution is -0.130. The molecule has 1 aromatic heterocycles. The predicted molar refractivity (Wildman–Crippen MR) is 85.8 cm³/mol. The summed E-state index contributed by atoms with van der Waals surface area (Å²) in [6.45, 7) is 13.6. The van der Waals surface area contributed by atoms with Crippen molar-refractivity contribution in [3.8, 4) is 0 Å². The van der Waals surface area contributed by atoms with Gasteiger partial charge in [0.2, 0.25) is 11.8 Å². The number of piperazine rings is 1. The molecule has 23 heavy (non-hydrogen) atoms. The Morgan fingerprint density at radius 2 is 1.96 bits per heavy atom. The highest BCUT2D eigenvalue weighted by atomic mass is 16.5. The SMILES string of the molecule is CC(=O)N1CCN(C2CN(C(C)c3nc(C)no3)CC2C)CC1. The molecular formula is C16H27N5O2. The molecule has 2 aliphatic heterocycles. The monoisotopic (exact) mass is 321 g/mol. The third kappa shape index (κ3) is 3.40. The van der Waals surface area contributed by atoms with Crippen molar-refractivity contribution in [2.75, 3.05) is 39.3 Å². The number of nitrogens with zero attached hydrogens (tertiary/aromatic N) is 5. The second-order valence-corrected chi connectivity index (χ2v) is 6.90. The lowest BCUT2D eigenvalue weighted by Gasteiger charge is -2.39. The molecule has 3 atom stereocenters. The van der Waals surface area contributed by atoms with E-state index >= 15 is 0 Å². The molecule has 3 unspecified atom stereocenters. The molecule has 2 aliphatic rings. The maximum absolute atomic E-state index is 11.5. The van der Waals surface area contributed by atoms with Crippen LogP contribution in [0, 0.1) is 12.8 Å². The fraction of sp³-hybridized carbons (Fsp3) is 0.812. The fourth-order valence-corrected chi connectivity index (χ4v) is 3.79. The van der Waals surface area contributed by atoms with Crippen molar-refractivity contribution in [3.63, 3.8) is 0 Å². The summed E-state index contributed by atoms with van der Waals surface area (Å²) in [5, 5.41) is 3.90. The molecule has 3 rings (SSSR count). The topological polar surface area (TPSA) is 65.7 Å². The maximum atomic E-state index is 11.5. The van der Waals surface area contributed by atoms with Crippen LogP contribution in [0.15, 0.2) is 4.52 Å². The van der Waals surface area contributed by atoms with E-state index in [1.165, 1.54) is 0 Å². The highest BCUT2D eigenvalue weighted by Gasteiger charge is 2.38. The zero-order chi connectivity index (χ0) is 16.6. The van der Waals surface area contributed by atoms with Crippen molar-refractivity contribution in [2.24, 2.45) is 5.92 Å². The number of likely N-dealkylation sites (tertiary alicyclic amines) is 1. The first-order valence-electron chi connectivity index (χ1n) is 8.49. The van der Waals surface area contributed by atoms with Crippen LogP contribution in [0.3, 0.4) is 0 Å². The number of rotatable bonds is 3. The van der Waals surface area contributed by atoms with E-state index in [0.29, 0.717) is 23.7 Å². The van der Waals surface area contributed by atoms with E-state index in [0.717, 1.165) is 39.3 Å². The highest BCUT2D eigenvalue weighted by molar-refractivity contribution is 5.73. The summed E-state index contributed by atoms with van der Waals surface area (Å²) < 4.78 is 5.33. The van der Waals surface area contributed by atoms with E-state index in [1.807, 2.05) is 11.8 Å². The molecule has 7 heteroatoms. The van der Waals surface area contributed by atoms with E-state index in [9.17, 15) is 4.79 Å². The Bertz CT molecular complexity index is 552. The average Bonchev–Trinajstić information content (AvgIpc) is 3.13. The summed E-state index contributed by atoms with van der Waals surface area (Å²) in [5.74, 6) is 2.18. The van der Waals surface area contributed by atoms with Gasteiger partial charge in [-0.05, 0) is 19.8 Å². The van der Waals surface area contributed by atoms with Gasteiger partial charge in [0, 0.05) is 52.2 Å². The first kappa shape index (κ1) is 16.4. The zero-order valence-electron chi connectivity index (χ0n) is 14.5. The Labute approximate surface area is 137 Å². The first-order valence-corrected chi connectivity index (χ1v) is 8.49. The second-order valence-electron chi connectivity index (χ2n) is 6.90. The van der Waals surface area contributed by atoms with Gasteiger partial charge in [-0.1, -0.05) is 12.1 Å². The van der Waals surface area contributed by atoms with Gasteiger partial charge in [0.05, 0.1) is 6.04 Å². The van der Waals surface area contributed by atoms with E-state index in [2.05, 4.69) is 33.8 Å². The number of carbonyl (C=O) groups excluding carboxylic acids is 1. The third-order valence-electron chi connectivity index (χ3n) is 5.28. The first-order chi connectivity index (χ1) is 11.0. The van der Waals surface area contributed by atoms with E-state index in [-0.39, 0.29) is 11.9 Å². The lowest BCUT2D eigenvalue weighted by atomic mass is 10.0. The van der Waals surface area contributed by atoms with Crippen LogP contribution in [0.2, 0.25) is 0 Å². The third-order valence-corrected chi connectivity index (χ3v) is 5.28. The number of amides is 1. The largest absolute Gasteiger partial charge is 0.340 e. The molecule has 2 saturated heterocycles. The lowest BCUT2D eigenvalue weighted by Crippen LogP contribution is -2.53. The van der Waals surface area contributed by atoms with Gasteiger partial charge in [0.25, 0.3) is 0 Å². The normalized spacial score (nSPS) is 28.3. The number of hydrogen-bond donors (Lipinski definition) is 0. The minimum atomic E-state index is 0.155. The number of aromatic nitrogens is 2. The van der Waals surface area contributed by atoms with Gasteiger partial charge in [-0.15, -0.1) is 0 Å². The molecule has 128 valence electrons. The van der Waals surface area contributed by atoms with Gasteiger partial charge in [0.1, 0.15) is 0 Å². The van der Waals surface area contributed by atoms with Crippen LogP contribution in [0.4, 0.5) is 0 Å². The van der Waals surface area contributed by atoms with Crippen LogP contribution in [0.5, 0.6) is 0 Å². The van der Waals surface area contributed by atoms with Crippen LogP contribution in [-0.4, -0.2) is 76.1 Å². The Balaban J connectivity index is 1.59. The molecule has 0 bridgehead atoms. The Morgan fingerprint density at radius 1 is 1.26 bits per heavy atom. The standard InChI is InChI=1S/C16H27N5O2/c1-11-9-21(12(2)16-17-13(3)18-23-16)10-15(11)20-7-5-19(6-8-20)14(4)22/h11-12,15H,5-10H2,1-4H3. The van der Waals surface area contributed by atoms with Crippen LogP contribution in [-0.2, 0) is 4.79 Å². The zero-order valence-corrected chi connectivity index (χ0v) is 14.5. The number of aryl methyl sites for hydroxylation is 1. The fourth-order valence-electron chi connectivity index (χ4n) is 3.79. The summed E-state index contributed by atoms with van der Waals surface area (Å²) in [6, 6.07) is 0.692. The summed E-state index contributed by atoms with van der Waals surface area (Å²) in [7, 11) is 0. The Morgan fingerprint density at radius 3 is 2.52 bits per heavy atom. The molecule has 0 saturated carbocycles. The molecule has 0 N–H and O–H groups in total. The molecule has 7 nitrogen and oxygen atoms in total. The van der Waals surface area contributed by atoms with Crippen LogP contribution < -0.4 is 0 Å². The molecular weight excluding hydrogens is 294 g/mol. The number of carbonyl (C=O) groups is 1. The van der Waals surface area contributed by atoms with Crippen molar-refractivity contribution in [2.45, 2.75) is 39.8 Å². The van der Waals surface area contributed by atoms with Crippen molar-refractivity contribution in [1.82, 2.24) is 24.8 Å². The Kier molecular flexibility index (Phi) is 4.68. The maximum Gasteiger partial charge on any atom is 0.243 e. The molecule has 0 spiro atoms. The van der Waals surface area contributed by atoms with E-state index in [4.69, 9.17) is 4.52 Å². The van der Waals surface area contributed by atoms with Gasteiger partial charge in [-0.2, -0.15) is 4.98 Å². The van der Waals surface area contributed by atoms with Gasteiger partial charge >= 0.3 is 0 Å². The molecule has 3 heterocycles.